The van der Waals surface area contributed by atoms with E-state index in [0.29, 0.717) is 12.4 Å². The normalized spacial score (nSPS) is 10.2. The van der Waals surface area contributed by atoms with Gasteiger partial charge in [-0.25, -0.2) is 9.37 Å². The fourth-order valence-corrected chi connectivity index (χ4v) is 1.72. The SMILES string of the molecule is Nc1nccc(NCc2cc(F)ccc2Br)n1. The molecule has 2 rings (SSSR count). The number of hydrogen-bond donors (Lipinski definition) is 2. The van der Waals surface area contributed by atoms with Gasteiger partial charge in [0.05, 0.1) is 0 Å². The van der Waals surface area contributed by atoms with Crippen molar-refractivity contribution >= 4 is 27.7 Å². The highest BCUT2D eigenvalue weighted by molar-refractivity contribution is 9.10. The number of nitrogens with one attached hydrogen (secondary N) is 1. The van der Waals surface area contributed by atoms with E-state index in [4.69, 9.17) is 5.73 Å². The highest BCUT2D eigenvalue weighted by Crippen LogP contribution is 2.18. The number of halogens is 2. The molecule has 1 heterocycles. The van der Waals surface area contributed by atoms with Crippen LogP contribution in [0, 0.1) is 5.82 Å². The number of nitrogens with zero attached hydrogens (tertiary/aromatic N) is 2. The van der Waals surface area contributed by atoms with Gasteiger partial charge in [-0.05, 0) is 29.8 Å². The van der Waals surface area contributed by atoms with E-state index in [1.165, 1.54) is 12.1 Å². The Kier molecular flexibility index (Phi) is 3.53. The lowest BCUT2D eigenvalue weighted by Crippen LogP contribution is -2.04. The molecule has 3 N–H and O–H groups in total. The van der Waals surface area contributed by atoms with Crippen LogP contribution in [0.15, 0.2) is 34.9 Å². The monoisotopic (exact) mass is 296 g/mol. The van der Waals surface area contributed by atoms with Crippen LogP contribution in [0.5, 0.6) is 0 Å². The van der Waals surface area contributed by atoms with Gasteiger partial charge in [-0.2, -0.15) is 4.98 Å². The molecule has 0 aliphatic heterocycles. The van der Waals surface area contributed by atoms with Crippen molar-refractivity contribution in [1.29, 1.82) is 0 Å². The zero-order valence-electron chi connectivity index (χ0n) is 8.82. The Morgan fingerprint density at radius 1 is 1.35 bits per heavy atom. The fourth-order valence-electron chi connectivity index (χ4n) is 1.34. The van der Waals surface area contributed by atoms with Crippen molar-refractivity contribution in [1.82, 2.24) is 9.97 Å². The molecule has 0 aliphatic rings. The van der Waals surface area contributed by atoms with Crippen LogP contribution in [0.3, 0.4) is 0 Å². The van der Waals surface area contributed by atoms with Crippen LogP contribution in [0.2, 0.25) is 0 Å². The number of benzene rings is 1. The zero-order valence-corrected chi connectivity index (χ0v) is 10.4. The number of anilines is 2. The summed E-state index contributed by atoms with van der Waals surface area (Å²) in [5, 5.41) is 3.04. The van der Waals surface area contributed by atoms with E-state index in [0.717, 1.165) is 10.0 Å². The molecule has 0 radical (unpaired) electrons. The summed E-state index contributed by atoms with van der Waals surface area (Å²) in [5.74, 6) is 0.536. The van der Waals surface area contributed by atoms with Crippen molar-refractivity contribution in [2.75, 3.05) is 11.1 Å². The molecule has 0 unspecified atom stereocenters. The number of aromatic nitrogens is 2. The fraction of sp³-hybridized carbons (Fsp3) is 0.0909. The molecule has 0 bridgehead atoms. The van der Waals surface area contributed by atoms with Crippen molar-refractivity contribution in [2.45, 2.75) is 6.54 Å². The van der Waals surface area contributed by atoms with Gasteiger partial charge in [0.1, 0.15) is 11.6 Å². The van der Waals surface area contributed by atoms with Crippen molar-refractivity contribution in [3.63, 3.8) is 0 Å². The Morgan fingerprint density at radius 3 is 2.94 bits per heavy atom. The van der Waals surface area contributed by atoms with E-state index in [1.54, 1.807) is 18.3 Å². The van der Waals surface area contributed by atoms with E-state index in [1.807, 2.05) is 0 Å². The van der Waals surface area contributed by atoms with E-state index in [9.17, 15) is 4.39 Å². The molecule has 2 aromatic rings. The third-order valence-corrected chi connectivity index (χ3v) is 2.92. The van der Waals surface area contributed by atoms with Gasteiger partial charge in [0.25, 0.3) is 0 Å². The molecule has 0 atom stereocenters. The molecular formula is C11H10BrFN4. The Hall–Kier alpha value is -1.69. The zero-order chi connectivity index (χ0) is 12.3. The van der Waals surface area contributed by atoms with Gasteiger partial charge in [0.2, 0.25) is 5.95 Å². The molecule has 0 saturated carbocycles. The maximum atomic E-state index is 13.0. The molecule has 0 aliphatic carbocycles. The lowest BCUT2D eigenvalue weighted by Gasteiger charge is -2.07. The van der Waals surface area contributed by atoms with Crippen molar-refractivity contribution < 1.29 is 4.39 Å². The Labute approximate surface area is 106 Å². The molecule has 0 fully saturated rings. The minimum absolute atomic E-state index is 0.202. The van der Waals surface area contributed by atoms with Gasteiger partial charge >= 0.3 is 0 Å². The largest absolute Gasteiger partial charge is 0.368 e. The third kappa shape index (κ3) is 3.13. The molecule has 4 nitrogen and oxygen atoms in total. The van der Waals surface area contributed by atoms with Gasteiger partial charge in [0.15, 0.2) is 0 Å². The predicted octanol–water partition coefficient (Wildman–Crippen LogP) is 2.57. The maximum absolute atomic E-state index is 13.0. The number of hydrogen-bond acceptors (Lipinski definition) is 4. The second-order valence-electron chi connectivity index (χ2n) is 3.39. The van der Waals surface area contributed by atoms with Crippen LogP contribution < -0.4 is 11.1 Å². The van der Waals surface area contributed by atoms with Gasteiger partial charge < -0.3 is 11.1 Å². The second-order valence-corrected chi connectivity index (χ2v) is 4.24. The highest BCUT2D eigenvalue weighted by atomic mass is 79.9. The quantitative estimate of drug-likeness (QED) is 0.914. The van der Waals surface area contributed by atoms with Crippen molar-refractivity contribution in [3.8, 4) is 0 Å². The first kappa shape index (κ1) is 11.8. The lowest BCUT2D eigenvalue weighted by atomic mass is 10.2. The van der Waals surface area contributed by atoms with E-state index < -0.39 is 0 Å². The summed E-state index contributed by atoms with van der Waals surface area (Å²) in [4.78, 5) is 7.77. The van der Waals surface area contributed by atoms with Crippen LogP contribution in [0.25, 0.3) is 0 Å². The molecule has 6 heteroatoms. The molecule has 88 valence electrons. The average molecular weight is 297 g/mol. The molecule has 0 spiro atoms. The van der Waals surface area contributed by atoms with Crippen LogP contribution in [0.1, 0.15) is 5.56 Å². The minimum atomic E-state index is -0.271. The summed E-state index contributed by atoms with van der Waals surface area (Å²) in [6.07, 6.45) is 1.56. The van der Waals surface area contributed by atoms with Gasteiger partial charge in [0, 0.05) is 17.2 Å². The molecule has 0 saturated heterocycles. The van der Waals surface area contributed by atoms with Crippen LogP contribution in [0.4, 0.5) is 16.2 Å². The topological polar surface area (TPSA) is 63.8 Å². The smallest absolute Gasteiger partial charge is 0.221 e. The number of nitrogens with two attached hydrogens (primary N) is 1. The Bertz CT molecular complexity index is 533. The van der Waals surface area contributed by atoms with E-state index >= 15 is 0 Å². The standard InChI is InChI=1S/C11H10BrFN4/c12-9-2-1-8(13)5-7(9)6-16-10-3-4-15-11(14)17-10/h1-5H,6H2,(H3,14,15,16,17). The average Bonchev–Trinajstić information content (AvgIpc) is 2.30. The van der Waals surface area contributed by atoms with Crippen LogP contribution in [-0.4, -0.2) is 9.97 Å². The summed E-state index contributed by atoms with van der Waals surface area (Å²) >= 11 is 3.35. The Morgan fingerprint density at radius 2 is 2.18 bits per heavy atom. The molecule has 17 heavy (non-hydrogen) atoms. The summed E-state index contributed by atoms with van der Waals surface area (Å²) in [5.41, 5.74) is 6.26. The summed E-state index contributed by atoms with van der Waals surface area (Å²) in [6.45, 7) is 0.453. The summed E-state index contributed by atoms with van der Waals surface area (Å²) in [6, 6.07) is 6.22. The summed E-state index contributed by atoms with van der Waals surface area (Å²) in [7, 11) is 0. The lowest BCUT2D eigenvalue weighted by molar-refractivity contribution is 0.625. The van der Waals surface area contributed by atoms with Crippen molar-refractivity contribution in [3.05, 3.63) is 46.3 Å². The van der Waals surface area contributed by atoms with Crippen LogP contribution in [-0.2, 0) is 6.54 Å². The second kappa shape index (κ2) is 5.09. The Balaban J connectivity index is 2.09. The third-order valence-electron chi connectivity index (χ3n) is 2.14. The minimum Gasteiger partial charge on any atom is -0.368 e. The van der Waals surface area contributed by atoms with Gasteiger partial charge in [-0.1, -0.05) is 15.9 Å². The molecule has 1 aromatic heterocycles. The number of nitrogen functional groups attached to an aromatic ring is 1. The van der Waals surface area contributed by atoms with E-state index in [-0.39, 0.29) is 11.8 Å². The maximum Gasteiger partial charge on any atom is 0.221 e. The van der Waals surface area contributed by atoms with Gasteiger partial charge in [-0.3, -0.25) is 0 Å². The predicted molar refractivity (Wildman–Crippen MR) is 67.9 cm³/mol. The first-order valence-electron chi connectivity index (χ1n) is 4.91. The first-order valence-corrected chi connectivity index (χ1v) is 5.71. The highest BCUT2D eigenvalue weighted by Gasteiger charge is 2.02. The van der Waals surface area contributed by atoms with Gasteiger partial charge in [-0.15, -0.1) is 0 Å². The molecule has 0 amide bonds. The summed E-state index contributed by atoms with van der Waals surface area (Å²) < 4.78 is 13.9. The first-order chi connectivity index (χ1) is 8.15. The molecular weight excluding hydrogens is 287 g/mol. The van der Waals surface area contributed by atoms with Crippen molar-refractivity contribution in [2.24, 2.45) is 0 Å². The molecule has 1 aromatic carbocycles. The van der Waals surface area contributed by atoms with E-state index in [2.05, 4.69) is 31.2 Å². The number of rotatable bonds is 3. The van der Waals surface area contributed by atoms with Crippen LogP contribution >= 0.6 is 15.9 Å².